The molecule has 0 aromatic rings. The van der Waals surface area contributed by atoms with E-state index in [1.165, 1.54) is 0 Å². The summed E-state index contributed by atoms with van der Waals surface area (Å²) in [7, 11) is 0. The predicted molar refractivity (Wildman–Crippen MR) is 106 cm³/mol. The Morgan fingerprint density at radius 2 is 1.22 bits per heavy atom. The maximum Gasteiger partial charge on any atom is 0.309 e. The van der Waals surface area contributed by atoms with E-state index in [1.807, 2.05) is 13.8 Å². The molecule has 0 aliphatic carbocycles. The van der Waals surface area contributed by atoms with Crippen molar-refractivity contribution in [3.05, 3.63) is 0 Å². The molecule has 1 fully saturated rings. The Bertz CT molecular complexity index is 385. The molecule has 1 rings (SSSR count). The van der Waals surface area contributed by atoms with Gasteiger partial charge >= 0.3 is 11.9 Å². The van der Waals surface area contributed by atoms with Crippen LogP contribution in [0.5, 0.6) is 0 Å². The standard InChI is InChI=1S/C22H40O5/c1-5-9-11-17(7-3)21(23)25-15-19-13-14-20(27-19)16-26-22(24)18(8-4)12-10-6-2/h17-20H,5-16H2,1-4H3/t17?,18?,19-,20+. The lowest BCUT2D eigenvalue weighted by Crippen LogP contribution is -2.26. The molecule has 0 aromatic carbocycles. The molecule has 1 saturated heterocycles. The molecule has 2 unspecified atom stereocenters. The van der Waals surface area contributed by atoms with E-state index in [0.29, 0.717) is 13.2 Å². The molecule has 0 amide bonds. The Balaban J connectivity index is 2.27. The van der Waals surface area contributed by atoms with E-state index < -0.39 is 0 Å². The van der Waals surface area contributed by atoms with Gasteiger partial charge in [-0.3, -0.25) is 9.59 Å². The topological polar surface area (TPSA) is 61.8 Å². The Kier molecular flexibility index (Phi) is 12.4. The quantitative estimate of drug-likeness (QED) is 0.392. The number of esters is 2. The minimum absolute atomic E-state index is 0.00259. The third-order valence-electron chi connectivity index (χ3n) is 5.48. The van der Waals surface area contributed by atoms with Crippen LogP contribution in [0.25, 0.3) is 0 Å². The largest absolute Gasteiger partial charge is 0.463 e. The number of unbranched alkanes of at least 4 members (excludes halogenated alkanes) is 2. The monoisotopic (exact) mass is 384 g/mol. The van der Waals surface area contributed by atoms with Crippen molar-refractivity contribution in [3.8, 4) is 0 Å². The molecule has 4 atom stereocenters. The van der Waals surface area contributed by atoms with Gasteiger partial charge in [-0.25, -0.2) is 0 Å². The highest BCUT2D eigenvalue weighted by Gasteiger charge is 2.29. The van der Waals surface area contributed by atoms with E-state index in [0.717, 1.165) is 64.2 Å². The van der Waals surface area contributed by atoms with E-state index in [4.69, 9.17) is 14.2 Å². The SMILES string of the molecule is CCCCC(CC)C(=O)OC[C@H]1CC[C@@H](COC(=O)C(CC)CCCC)O1. The smallest absolute Gasteiger partial charge is 0.309 e. The Morgan fingerprint density at radius 1 is 0.815 bits per heavy atom. The van der Waals surface area contributed by atoms with E-state index in [-0.39, 0.29) is 36.0 Å². The third-order valence-corrected chi connectivity index (χ3v) is 5.48. The van der Waals surface area contributed by atoms with Crippen LogP contribution in [0.4, 0.5) is 0 Å². The third kappa shape index (κ3) is 9.09. The van der Waals surface area contributed by atoms with Crippen LogP contribution in [-0.4, -0.2) is 37.4 Å². The van der Waals surface area contributed by atoms with Gasteiger partial charge in [0, 0.05) is 0 Å². The molecule has 158 valence electrons. The molecular formula is C22H40O5. The van der Waals surface area contributed by atoms with Gasteiger partial charge in [0.05, 0.1) is 24.0 Å². The number of carbonyl (C=O) groups is 2. The zero-order valence-corrected chi connectivity index (χ0v) is 17.8. The first-order chi connectivity index (χ1) is 13.0. The minimum Gasteiger partial charge on any atom is -0.463 e. The molecule has 0 N–H and O–H groups in total. The van der Waals surface area contributed by atoms with Gasteiger partial charge in [-0.15, -0.1) is 0 Å². The van der Waals surface area contributed by atoms with Gasteiger partial charge < -0.3 is 14.2 Å². The summed E-state index contributed by atoms with van der Waals surface area (Å²) in [6.07, 6.45) is 9.24. The molecule has 0 saturated carbocycles. The molecule has 0 aromatic heterocycles. The number of carbonyl (C=O) groups excluding carboxylic acids is 2. The summed E-state index contributed by atoms with van der Waals surface area (Å²) in [6.45, 7) is 8.93. The van der Waals surface area contributed by atoms with Crippen LogP contribution in [0.3, 0.4) is 0 Å². The fourth-order valence-corrected chi connectivity index (χ4v) is 3.49. The molecule has 0 bridgehead atoms. The van der Waals surface area contributed by atoms with Crippen molar-refractivity contribution in [2.75, 3.05) is 13.2 Å². The summed E-state index contributed by atoms with van der Waals surface area (Å²) in [6, 6.07) is 0. The van der Waals surface area contributed by atoms with Crippen LogP contribution < -0.4 is 0 Å². The second-order valence-electron chi connectivity index (χ2n) is 7.71. The van der Waals surface area contributed by atoms with Gasteiger partial charge in [0.25, 0.3) is 0 Å². The molecule has 1 heterocycles. The van der Waals surface area contributed by atoms with Crippen LogP contribution in [0.15, 0.2) is 0 Å². The zero-order chi connectivity index (χ0) is 20.1. The predicted octanol–water partition coefficient (Wildman–Crippen LogP) is 5.05. The van der Waals surface area contributed by atoms with Crippen molar-refractivity contribution >= 4 is 11.9 Å². The molecule has 0 spiro atoms. The molecule has 1 aliphatic heterocycles. The van der Waals surface area contributed by atoms with Gasteiger partial charge in [-0.05, 0) is 38.5 Å². The summed E-state index contributed by atoms with van der Waals surface area (Å²) in [4.78, 5) is 24.4. The van der Waals surface area contributed by atoms with E-state index in [2.05, 4.69) is 13.8 Å². The first-order valence-corrected chi connectivity index (χ1v) is 11.0. The zero-order valence-electron chi connectivity index (χ0n) is 17.8. The highest BCUT2D eigenvalue weighted by Crippen LogP contribution is 2.22. The number of hydrogen-bond acceptors (Lipinski definition) is 5. The van der Waals surface area contributed by atoms with Crippen molar-refractivity contribution in [3.63, 3.8) is 0 Å². The van der Waals surface area contributed by atoms with Gasteiger partial charge in [-0.2, -0.15) is 0 Å². The summed E-state index contributed by atoms with van der Waals surface area (Å²) in [5.41, 5.74) is 0. The van der Waals surface area contributed by atoms with E-state index in [9.17, 15) is 9.59 Å². The highest BCUT2D eigenvalue weighted by molar-refractivity contribution is 5.72. The molecule has 0 radical (unpaired) electrons. The lowest BCUT2D eigenvalue weighted by atomic mass is 10.00. The van der Waals surface area contributed by atoms with Gasteiger partial charge in [0.15, 0.2) is 0 Å². The summed E-state index contributed by atoms with van der Waals surface area (Å²) in [5.74, 6) is -0.216. The van der Waals surface area contributed by atoms with Gasteiger partial charge in [0.1, 0.15) is 13.2 Å². The maximum atomic E-state index is 12.2. The van der Waals surface area contributed by atoms with Crippen LogP contribution in [0.1, 0.15) is 91.9 Å². The minimum atomic E-state index is -0.105. The lowest BCUT2D eigenvalue weighted by Gasteiger charge is -2.18. The number of hydrogen-bond donors (Lipinski definition) is 0. The van der Waals surface area contributed by atoms with Crippen molar-refractivity contribution in [2.24, 2.45) is 11.8 Å². The molecular weight excluding hydrogens is 344 g/mol. The molecule has 27 heavy (non-hydrogen) atoms. The first-order valence-electron chi connectivity index (χ1n) is 11.0. The van der Waals surface area contributed by atoms with Crippen molar-refractivity contribution in [1.82, 2.24) is 0 Å². The fourth-order valence-electron chi connectivity index (χ4n) is 3.49. The van der Waals surface area contributed by atoms with E-state index >= 15 is 0 Å². The Morgan fingerprint density at radius 3 is 1.56 bits per heavy atom. The average Bonchev–Trinajstić information content (AvgIpc) is 3.13. The van der Waals surface area contributed by atoms with Crippen LogP contribution in [0, 0.1) is 11.8 Å². The van der Waals surface area contributed by atoms with Gasteiger partial charge in [-0.1, -0.05) is 53.4 Å². The first kappa shape index (κ1) is 23.9. The van der Waals surface area contributed by atoms with Crippen molar-refractivity contribution < 1.29 is 23.8 Å². The van der Waals surface area contributed by atoms with E-state index in [1.54, 1.807) is 0 Å². The van der Waals surface area contributed by atoms with Crippen LogP contribution in [0.2, 0.25) is 0 Å². The fraction of sp³-hybridized carbons (Fsp3) is 0.909. The van der Waals surface area contributed by atoms with Crippen molar-refractivity contribution in [1.29, 1.82) is 0 Å². The van der Waals surface area contributed by atoms with Gasteiger partial charge in [0.2, 0.25) is 0 Å². The summed E-state index contributed by atoms with van der Waals surface area (Å²) < 4.78 is 16.9. The Hall–Kier alpha value is -1.10. The summed E-state index contributed by atoms with van der Waals surface area (Å²) in [5, 5.41) is 0. The lowest BCUT2D eigenvalue weighted by molar-refractivity contribution is -0.156. The molecule has 5 heteroatoms. The Labute approximate surface area is 165 Å². The maximum absolute atomic E-state index is 12.2. The van der Waals surface area contributed by atoms with Crippen molar-refractivity contribution in [2.45, 2.75) is 104 Å². The number of rotatable bonds is 14. The highest BCUT2D eigenvalue weighted by atomic mass is 16.6. The molecule has 5 nitrogen and oxygen atoms in total. The second-order valence-corrected chi connectivity index (χ2v) is 7.71. The average molecular weight is 385 g/mol. The summed E-state index contributed by atoms with van der Waals surface area (Å²) >= 11 is 0. The second kappa shape index (κ2) is 14.0. The van der Waals surface area contributed by atoms with Crippen LogP contribution >= 0.6 is 0 Å². The van der Waals surface area contributed by atoms with Crippen LogP contribution in [-0.2, 0) is 23.8 Å². The number of ether oxygens (including phenoxy) is 3. The molecule has 1 aliphatic rings. The normalized spacial score (nSPS) is 21.6.